The largest absolute Gasteiger partial charge is 0.364 e. The van der Waals surface area contributed by atoms with Crippen molar-refractivity contribution in [3.63, 3.8) is 0 Å². The Morgan fingerprint density at radius 2 is 1.38 bits per heavy atom. The van der Waals surface area contributed by atoms with Gasteiger partial charge in [-0.1, -0.05) is 64.1 Å². The van der Waals surface area contributed by atoms with Gasteiger partial charge < -0.3 is 5.73 Å². The fraction of sp³-hybridized carbons (Fsp3) is 0.286. The van der Waals surface area contributed by atoms with Crippen LogP contribution in [0.2, 0.25) is 0 Å². The highest BCUT2D eigenvalue weighted by atomic mass is 15.4. The van der Waals surface area contributed by atoms with Crippen LogP contribution in [0.5, 0.6) is 0 Å². The highest BCUT2D eigenvalue weighted by Crippen LogP contribution is 2.14. The number of nitrogens with one attached hydrogen (secondary N) is 2. The SMILES string of the molecule is CC(C)c1ccc(/C=N/N=C(\N)N/[NH+]=C/c2ccc(C(C)C)cc2)cc1. The van der Waals surface area contributed by atoms with E-state index < -0.39 is 0 Å². The fourth-order valence-electron chi connectivity index (χ4n) is 2.32. The van der Waals surface area contributed by atoms with Crippen molar-refractivity contribution >= 4 is 18.4 Å². The van der Waals surface area contributed by atoms with E-state index in [2.05, 4.69) is 84.8 Å². The van der Waals surface area contributed by atoms with Gasteiger partial charge in [0, 0.05) is 5.56 Å². The van der Waals surface area contributed by atoms with E-state index in [1.165, 1.54) is 11.1 Å². The van der Waals surface area contributed by atoms with Crippen LogP contribution in [0.1, 0.15) is 61.8 Å². The molecule has 2 rings (SSSR count). The van der Waals surface area contributed by atoms with Gasteiger partial charge in [0.05, 0.1) is 6.21 Å². The van der Waals surface area contributed by atoms with Crippen molar-refractivity contribution in [1.82, 2.24) is 5.43 Å². The average molecular weight is 350 g/mol. The van der Waals surface area contributed by atoms with Crippen LogP contribution in [0.25, 0.3) is 0 Å². The van der Waals surface area contributed by atoms with E-state index in [-0.39, 0.29) is 5.96 Å². The highest BCUT2D eigenvalue weighted by Gasteiger charge is 1.99. The molecule has 5 heteroatoms. The molecule has 0 aromatic heterocycles. The molecule has 4 N–H and O–H groups in total. The molecule has 2 aromatic rings. The normalized spacial score (nSPS) is 12.6. The van der Waals surface area contributed by atoms with Crippen molar-refractivity contribution in [2.24, 2.45) is 15.9 Å². The van der Waals surface area contributed by atoms with Gasteiger partial charge in [-0.25, -0.2) is 0 Å². The molecular weight excluding hydrogens is 322 g/mol. The Labute approximate surface area is 155 Å². The molecule has 5 nitrogen and oxygen atoms in total. The predicted molar refractivity (Wildman–Crippen MR) is 110 cm³/mol. The minimum atomic E-state index is 0.190. The Bertz CT molecular complexity index is 769. The van der Waals surface area contributed by atoms with Gasteiger partial charge in [-0.05, 0) is 40.7 Å². The fourth-order valence-corrected chi connectivity index (χ4v) is 2.32. The Kier molecular flexibility index (Phi) is 7.09. The molecule has 0 radical (unpaired) electrons. The number of hydrogen-bond acceptors (Lipinski definition) is 2. The lowest BCUT2D eigenvalue weighted by molar-refractivity contribution is -0.500. The molecule has 0 spiro atoms. The van der Waals surface area contributed by atoms with Crippen LogP contribution in [0.15, 0.2) is 58.7 Å². The van der Waals surface area contributed by atoms with Crippen LogP contribution in [0, 0.1) is 0 Å². The standard InChI is InChI=1S/C21H27N5/c1-15(2)19-9-5-17(6-10-19)13-23-25-21(22)26-24-14-18-7-11-20(12-8-18)16(3)4/h5-16H,1-4H3,(H3,22,25,26)/p+1/b23-13+,24-14+. The van der Waals surface area contributed by atoms with Gasteiger partial charge in [0.15, 0.2) is 6.21 Å². The van der Waals surface area contributed by atoms with Gasteiger partial charge >= 0.3 is 0 Å². The lowest BCUT2D eigenvalue weighted by Gasteiger charge is -2.04. The zero-order valence-electron chi connectivity index (χ0n) is 15.9. The molecule has 0 fully saturated rings. The summed E-state index contributed by atoms with van der Waals surface area (Å²) in [5, 5.41) is 10.8. The number of benzene rings is 2. The van der Waals surface area contributed by atoms with Crippen LogP contribution in [-0.2, 0) is 0 Å². The van der Waals surface area contributed by atoms with Crippen molar-refractivity contribution in [3.8, 4) is 0 Å². The zero-order valence-corrected chi connectivity index (χ0v) is 15.9. The first-order chi connectivity index (χ1) is 12.5. The molecule has 0 saturated carbocycles. The van der Waals surface area contributed by atoms with Crippen molar-refractivity contribution in [1.29, 1.82) is 0 Å². The zero-order chi connectivity index (χ0) is 18.9. The van der Waals surface area contributed by atoms with E-state index in [9.17, 15) is 0 Å². The first kappa shape index (κ1) is 19.4. The number of hydrogen-bond donors (Lipinski definition) is 3. The Morgan fingerprint density at radius 3 is 1.88 bits per heavy atom. The van der Waals surface area contributed by atoms with Crippen LogP contribution >= 0.6 is 0 Å². The maximum absolute atomic E-state index is 5.77. The summed E-state index contributed by atoms with van der Waals surface area (Å²) in [6, 6.07) is 16.6. The number of rotatable bonds is 6. The van der Waals surface area contributed by atoms with E-state index in [1.54, 1.807) is 6.21 Å². The molecule has 0 atom stereocenters. The van der Waals surface area contributed by atoms with Gasteiger partial charge in [0.25, 0.3) is 5.96 Å². The first-order valence-electron chi connectivity index (χ1n) is 8.87. The van der Waals surface area contributed by atoms with Crippen LogP contribution < -0.4 is 16.3 Å². The van der Waals surface area contributed by atoms with E-state index in [0.717, 1.165) is 11.1 Å². The molecule has 136 valence electrons. The lowest BCUT2D eigenvalue weighted by Crippen LogP contribution is -2.82. The second kappa shape index (κ2) is 9.51. The van der Waals surface area contributed by atoms with Gasteiger partial charge in [0.1, 0.15) is 0 Å². The molecule has 2 aromatic carbocycles. The summed E-state index contributed by atoms with van der Waals surface area (Å²) in [4.78, 5) is 0. The highest BCUT2D eigenvalue weighted by molar-refractivity contribution is 5.82. The molecular formula is C21H28N5+. The Balaban J connectivity index is 1.87. The molecule has 0 saturated heterocycles. The van der Waals surface area contributed by atoms with Crippen molar-refractivity contribution in [3.05, 3.63) is 70.8 Å². The molecule has 26 heavy (non-hydrogen) atoms. The molecule has 0 unspecified atom stereocenters. The molecule has 0 aliphatic rings. The van der Waals surface area contributed by atoms with Gasteiger partial charge in [-0.3, -0.25) is 0 Å². The number of guanidine groups is 1. The molecule has 0 heterocycles. The minimum absolute atomic E-state index is 0.190. The quantitative estimate of drug-likeness (QED) is 0.425. The summed E-state index contributed by atoms with van der Waals surface area (Å²) < 4.78 is 0. The summed E-state index contributed by atoms with van der Waals surface area (Å²) in [7, 11) is 0. The van der Waals surface area contributed by atoms with Gasteiger partial charge in [0.2, 0.25) is 0 Å². The summed E-state index contributed by atoms with van der Waals surface area (Å²) in [6.07, 6.45) is 3.49. The topological polar surface area (TPSA) is 76.7 Å². The van der Waals surface area contributed by atoms with Gasteiger partial charge in [-0.15, -0.1) is 15.6 Å². The van der Waals surface area contributed by atoms with Gasteiger partial charge in [-0.2, -0.15) is 5.10 Å². The molecule has 0 amide bonds. The lowest BCUT2D eigenvalue weighted by atomic mass is 10.0. The third-order valence-electron chi connectivity index (χ3n) is 4.02. The van der Waals surface area contributed by atoms with Crippen molar-refractivity contribution < 1.29 is 5.10 Å². The van der Waals surface area contributed by atoms with Crippen LogP contribution in [0.4, 0.5) is 0 Å². The third kappa shape index (κ3) is 6.16. The smallest absolute Gasteiger partial charge is 0.269 e. The van der Waals surface area contributed by atoms with Crippen LogP contribution in [0.3, 0.4) is 0 Å². The maximum Gasteiger partial charge on any atom is 0.269 e. The molecule has 0 aliphatic carbocycles. The summed E-state index contributed by atoms with van der Waals surface area (Å²) >= 11 is 0. The number of hydrazine groups is 1. The second-order valence-corrected chi connectivity index (χ2v) is 6.79. The number of nitrogens with two attached hydrogens (primary N) is 1. The third-order valence-corrected chi connectivity index (χ3v) is 4.02. The predicted octanol–water partition coefficient (Wildman–Crippen LogP) is 2.29. The number of nitrogens with zero attached hydrogens (tertiary/aromatic N) is 2. The summed E-state index contributed by atoms with van der Waals surface area (Å²) in [5.41, 5.74) is 13.2. The average Bonchev–Trinajstić information content (AvgIpc) is 2.62. The van der Waals surface area contributed by atoms with E-state index >= 15 is 0 Å². The minimum Gasteiger partial charge on any atom is -0.364 e. The second-order valence-electron chi connectivity index (χ2n) is 6.79. The van der Waals surface area contributed by atoms with E-state index in [4.69, 9.17) is 5.73 Å². The maximum atomic E-state index is 5.77. The van der Waals surface area contributed by atoms with E-state index in [1.807, 2.05) is 18.3 Å². The van der Waals surface area contributed by atoms with Crippen molar-refractivity contribution in [2.45, 2.75) is 39.5 Å². The molecule has 0 bridgehead atoms. The van der Waals surface area contributed by atoms with E-state index in [0.29, 0.717) is 11.8 Å². The monoisotopic (exact) mass is 350 g/mol. The first-order valence-corrected chi connectivity index (χ1v) is 8.87. The van der Waals surface area contributed by atoms with Crippen LogP contribution in [-0.4, -0.2) is 18.4 Å². The Morgan fingerprint density at radius 1 is 0.885 bits per heavy atom. The Hall–Kier alpha value is -2.95. The summed E-state index contributed by atoms with van der Waals surface area (Å²) in [5.74, 6) is 1.23. The molecule has 0 aliphatic heterocycles. The summed E-state index contributed by atoms with van der Waals surface area (Å²) in [6.45, 7) is 8.69. The van der Waals surface area contributed by atoms with Crippen molar-refractivity contribution in [2.75, 3.05) is 0 Å². The number of hydrazone groups is 1.